The van der Waals surface area contributed by atoms with Crippen LogP contribution in [0.3, 0.4) is 0 Å². The van der Waals surface area contributed by atoms with Crippen LogP contribution in [0.15, 0.2) is 24.3 Å². The molecule has 0 saturated heterocycles. The van der Waals surface area contributed by atoms with Crippen LogP contribution < -0.4 is 10.5 Å². The van der Waals surface area contributed by atoms with E-state index in [0.29, 0.717) is 5.56 Å². The lowest BCUT2D eigenvalue weighted by atomic mass is 10.0. The minimum absolute atomic E-state index is 0.00101. The van der Waals surface area contributed by atoms with Gasteiger partial charge in [0, 0.05) is 0 Å². The van der Waals surface area contributed by atoms with Crippen LogP contribution in [0.2, 0.25) is 0 Å². The summed E-state index contributed by atoms with van der Waals surface area (Å²) in [4.78, 5) is 22.4. The molecule has 10 heteroatoms. The van der Waals surface area contributed by atoms with Crippen molar-refractivity contribution in [1.82, 2.24) is 0 Å². The van der Waals surface area contributed by atoms with Gasteiger partial charge in [-0.05, 0) is 24.1 Å². The van der Waals surface area contributed by atoms with Gasteiger partial charge in [0.1, 0.15) is 30.1 Å². The van der Waals surface area contributed by atoms with E-state index in [0.717, 1.165) is 0 Å². The lowest BCUT2D eigenvalue weighted by Crippen LogP contribution is -2.49. The van der Waals surface area contributed by atoms with Crippen LogP contribution >= 0.6 is 0 Å². The number of hydrogen-bond donors (Lipinski definition) is 7. The maximum Gasteiger partial charge on any atom is 0.343 e. The van der Waals surface area contributed by atoms with Gasteiger partial charge in [0.15, 0.2) is 6.10 Å². The highest BCUT2D eigenvalue weighted by atomic mass is 16.6. The summed E-state index contributed by atoms with van der Waals surface area (Å²) >= 11 is 0. The standard InChI is InChI=1S/C15H21NO9/c16-9(14(22)23)5-7-1-3-8(4-2-7)25-15(24)13(21)12(20)11(19)10(18)6-17/h1-4,9-13,17-21H,5-6,16H2,(H,22,23). The number of carbonyl (C=O) groups excluding carboxylic acids is 1. The van der Waals surface area contributed by atoms with Gasteiger partial charge in [-0.3, -0.25) is 4.79 Å². The molecule has 0 amide bonds. The maximum atomic E-state index is 11.7. The first-order valence-electron chi connectivity index (χ1n) is 7.29. The molecular weight excluding hydrogens is 338 g/mol. The molecule has 0 aliphatic heterocycles. The lowest BCUT2D eigenvalue weighted by Gasteiger charge is -2.24. The minimum Gasteiger partial charge on any atom is -0.480 e. The normalized spacial score (nSPS) is 17.2. The first kappa shape index (κ1) is 21.0. The number of aliphatic hydroxyl groups is 5. The smallest absolute Gasteiger partial charge is 0.343 e. The number of rotatable bonds is 9. The molecule has 10 nitrogen and oxygen atoms in total. The Hall–Kier alpha value is -2.08. The van der Waals surface area contributed by atoms with E-state index in [2.05, 4.69) is 0 Å². The second kappa shape index (κ2) is 9.42. The molecule has 25 heavy (non-hydrogen) atoms. The maximum absolute atomic E-state index is 11.7. The summed E-state index contributed by atoms with van der Waals surface area (Å²) in [6.07, 6.45) is -7.85. The quantitative estimate of drug-likeness (QED) is 0.176. The van der Waals surface area contributed by atoms with Crippen molar-refractivity contribution in [3.8, 4) is 5.75 Å². The highest BCUT2D eigenvalue weighted by Crippen LogP contribution is 2.15. The highest BCUT2D eigenvalue weighted by Gasteiger charge is 2.35. The number of nitrogens with two attached hydrogens (primary N) is 1. The summed E-state index contributed by atoms with van der Waals surface area (Å²) in [5, 5.41) is 55.3. The van der Waals surface area contributed by atoms with Crippen LogP contribution in [-0.2, 0) is 16.0 Å². The lowest BCUT2D eigenvalue weighted by molar-refractivity contribution is -0.161. The van der Waals surface area contributed by atoms with Crippen LogP contribution in [0, 0.1) is 0 Å². The first-order chi connectivity index (χ1) is 11.7. The van der Waals surface area contributed by atoms with Crippen molar-refractivity contribution in [2.75, 3.05) is 6.61 Å². The Morgan fingerprint density at radius 1 is 1.04 bits per heavy atom. The molecule has 5 atom stereocenters. The molecule has 0 heterocycles. The van der Waals surface area contributed by atoms with Crippen molar-refractivity contribution in [2.24, 2.45) is 5.73 Å². The van der Waals surface area contributed by atoms with Gasteiger partial charge >= 0.3 is 11.9 Å². The van der Waals surface area contributed by atoms with Crippen molar-refractivity contribution in [1.29, 1.82) is 0 Å². The summed E-state index contributed by atoms with van der Waals surface area (Å²) in [6, 6.07) is 4.53. The van der Waals surface area contributed by atoms with Crippen molar-refractivity contribution in [2.45, 2.75) is 36.9 Å². The molecule has 1 aromatic rings. The van der Waals surface area contributed by atoms with E-state index in [1.165, 1.54) is 24.3 Å². The Kier molecular flexibility index (Phi) is 7.90. The molecule has 0 aliphatic rings. The second-order valence-electron chi connectivity index (χ2n) is 5.39. The van der Waals surface area contributed by atoms with Crippen molar-refractivity contribution < 1.29 is 45.0 Å². The van der Waals surface area contributed by atoms with Gasteiger partial charge in [0.2, 0.25) is 0 Å². The third kappa shape index (κ3) is 6.05. The Bertz CT molecular complexity index is 577. The molecule has 0 saturated carbocycles. The SMILES string of the molecule is NC(Cc1ccc(OC(=O)C(O)C(O)C(O)C(O)CO)cc1)C(=O)O. The number of benzene rings is 1. The van der Waals surface area contributed by atoms with Gasteiger partial charge in [0.25, 0.3) is 0 Å². The van der Waals surface area contributed by atoms with Crippen molar-refractivity contribution in [3.63, 3.8) is 0 Å². The van der Waals surface area contributed by atoms with Crippen LogP contribution in [0.4, 0.5) is 0 Å². The van der Waals surface area contributed by atoms with E-state index in [1.54, 1.807) is 0 Å². The average Bonchev–Trinajstić information content (AvgIpc) is 2.60. The third-order valence-corrected chi connectivity index (χ3v) is 3.41. The fourth-order valence-electron chi connectivity index (χ4n) is 1.87. The molecule has 0 aromatic heterocycles. The number of carboxylic acids is 1. The molecule has 140 valence electrons. The number of carboxylic acid groups (broad SMARTS) is 1. The molecule has 0 fully saturated rings. The topological polar surface area (TPSA) is 191 Å². The fourth-order valence-corrected chi connectivity index (χ4v) is 1.87. The highest BCUT2D eigenvalue weighted by molar-refractivity contribution is 5.77. The zero-order valence-electron chi connectivity index (χ0n) is 13.1. The van der Waals surface area contributed by atoms with Gasteiger partial charge in [-0.1, -0.05) is 12.1 Å². The van der Waals surface area contributed by atoms with E-state index >= 15 is 0 Å². The van der Waals surface area contributed by atoms with E-state index in [4.69, 9.17) is 20.7 Å². The fraction of sp³-hybridized carbons (Fsp3) is 0.467. The number of ether oxygens (including phenoxy) is 1. The summed E-state index contributed by atoms with van der Waals surface area (Å²) in [7, 11) is 0. The van der Waals surface area contributed by atoms with E-state index in [-0.39, 0.29) is 12.2 Å². The Morgan fingerprint density at radius 3 is 2.08 bits per heavy atom. The number of aliphatic carboxylic acids is 1. The number of carbonyl (C=O) groups is 2. The first-order valence-corrected chi connectivity index (χ1v) is 7.29. The van der Waals surface area contributed by atoms with E-state index in [9.17, 15) is 30.0 Å². The van der Waals surface area contributed by atoms with Gasteiger partial charge in [-0.2, -0.15) is 0 Å². The molecule has 0 spiro atoms. The van der Waals surface area contributed by atoms with Gasteiger partial charge in [-0.25, -0.2) is 4.79 Å². The van der Waals surface area contributed by atoms with Gasteiger partial charge in [-0.15, -0.1) is 0 Å². The molecule has 0 radical (unpaired) electrons. The van der Waals surface area contributed by atoms with Crippen LogP contribution in [0.5, 0.6) is 5.75 Å². The molecule has 1 rings (SSSR count). The Labute approximate surface area is 142 Å². The largest absolute Gasteiger partial charge is 0.480 e. The molecule has 1 aromatic carbocycles. The second-order valence-corrected chi connectivity index (χ2v) is 5.39. The molecule has 8 N–H and O–H groups in total. The van der Waals surface area contributed by atoms with E-state index < -0.39 is 49.0 Å². The van der Waals surface area contributed by atoms with Gasteiger partial charge < -0.3 is 41.1 Å². The molecular formula is C15H21NO9. The number of aliphatic hydroxyl groups excluding tert-OH is 5. The summed E-state index contributed by atoms with van der Waals surface area (Å²) in [5.74, 6) is -2.44. The summed E-state index contributed by atoms with van der Waals surface area (Å²) in [6.45, 7) is -0.875. The molecule has 5 unspecified atom stereocenters. The minimum atomic E-state index is -2.16. The summed E-state index contributed by atoms with van der Waals surface area (Å²) < 4.78 is 4.82. The molecule has 0 bridgehead atoms. The van der Waals surface area contributed by atoms with E-state index in [1.807, 2.05) is 0 Å². The van der Waals surface area contributed by atoms with Crippen LogP contribution in [-0.4, -0.2) is 79.6 Å². The van der Waals surface area contributed by atoms with Gasteiger partial charge in [0.05, 0.1) is 6.61 Å². The Morgan fingerprint density at radius 2 is 1.60 bits per heavy atom. The monoisotopic (exact) mass is 359 g/mol. The predicted octanol–water partition coefficient (Wildman–Crippen LogP) is -3.02. The van der Waals surface area contributed by atoms with Crippen LogP contribution in [0.25, 0.3) is 0 Å². The number of esters is 1. The van der Waals surface area contributed by atoms with Crippen LogP contribution in [0.1, 0.15) is 5.56 Å². The number of hydrogen-bond acceptors (Lipinski definition) is 9. The zero-order chi connectivity index (χ0) is 19.1. The predicted molar refractivity (Wildman–Crippen MR) is 82.5 cm³/mol. The summed E-state index contributed by atoms with van der Waals surface area (Å²) in [5.41, 5.74) is 5.98. The molecule has 0 aliphatic carbocycles. The third-order valence-electron chi connectivity index (χ3n) is 3.41. The zero-order valence-corrected chi connectivity index (χ0v) is 13.1. The Balaban J connectivity index is 2.66. The average molecular weight is 359 g/mol. The van der Waals surface area contributed by atoms with Crippen molar-refractivity contribution in [3.05, 3.63) is 29.8 Å². The van der Waals surface area contributed by atoms with Crippen molar-refractivity contribution >= 4 is 11.9 Å².